The maximum atomic E-state index is 14.8. The minimum Gasteiger partial charge on any atom is -0.480 e. The predicted octanol–water partition coefficient (Wildman–Crippen LogP) is 5.24. The summed E-state index contributed by atoms with van der Waals surface area (Å²) in [5.74, 6) is -1.03. The highest BCUT2D eigenvalue weighted by Gasteiger charge is 2.46. The van der Waals surface area contributed by atoms with Crippen LogP contribution in [-0.2, 0) is 4.79 Å². The number of benzene rings is 2. The number of rotatable bonds is 7. The largest absolute Gasteiger partial charge is 0.480 e. The van der Waals surface area contributed by atoms with Crippen molar-refractivity contribution in [1.29, 1.82) is 0 Å². The molecule has 0 saturated carbocycles. The molecule has 2 aliphatic heterocycles. The number of carboxylic acid groups (broad SMARTS) is 1. The lowest BCUT2D eigenvalue weighted by Crippen LogP contribution is -2.41. The Kier molecular flexibility index (Phi) is 7.89. The first-order valence-electron chi connectivity index (χ1n) is 14.7. The molecule has 45 heavy (non-hydrogen) atoms. The van der Waals surface area contributed by atoms with Gasteiger partial charge in [0, 0.05) is 37.5 Å². The van der Waals surface area contributed by atoms with E-state index in [-0.39, 0.29) is 28.5 Å². The van der Waals surface area contributed by atoms with Crippen molar-refractivity contribution in [3.05, 3.63) is 77.6 Å². The Morgan fingerprint density at radius 3 is 2.40 bits per heavy atom. The van der Waals surface area contributed by atoms with Gasteiger partial charge in [0.05, 0.1) is 11.4 Å². The Hall–Kier alpha value is -4.65. The van der Waals surface area contributed by atoms with Crippen LogP contribution in [0.1, 0.15) is 42.2 Å². The Bertz CT molecular complexity index is 1700. The molecule has 4 N–H and O–H groups in total. The summed E-state index contributed by atoms with van der Waals surface area (Å²) in [4.78, 5) is 21.7. The molecule has 0 amide bonds. The number of nitrogens with one attached hydrogen (secondary N) is 1. The van der Waals surface area contributed by atoms with E-state index in [2.05, 4.69) is 20.4 Å². The zero-order valence-corrected chi connectivity index (χ0v) is 24.9. The topological polar surface area (TPSA) is 131 Å². The number of ether oxygens (including phenoxy) is 1. The molecule has 0 bridgehead atoms. The van der Waals surface area contributed by atoms with Gasteiger partial charge in [-0.2, -0.15) is 28.2 Å². The summed E-state index contributed by atoms with van der Waals surface area (Å²) in [5, 5.41) is 16.9. The quantitative estimate of drug-likeness (QED) is 0.253. The van der Waals surface area contributed by atoms with Crippen LogP contribution in [-0.4, -0.2) is 62.7 Å². The van der Waals surface area contributed by atoms with Crippen LogP contribution in [0.4, 0.5) is 24.9 Å². The highest BCUT2D eigenvalue weighted by atomic mass is 19.4. The first-order chi connectivity index (χ1) is 21.4. The SMILES string of the molecule is Cc1ccc(-c2ccc([C@@H](Oc3cc(N4CCC5(CC4)CN[C@H](C(=O)O)C5)nc(N)n3)C(F)(F)F)c(-n3ccc(C)n3)c2)cc1. The highest BCUT2D eigenvalue weighted by Crippen LogP contribution is 2.42. The van der Waals surface area contributed by atoms with E-state index < -0.39 is 24.3 Å². The fraction of sp³-hybridized carbons (Fsp3) is 0.375. The molecule has 13 heteroatoms. The number of carboxylic acids is 1. The second-order valence-electron chi connectivity index (χ2n) is 12.0. The number of piperidine rings is 1. The van der Waals surface area contributed by atoms with E-state index in [4.69, 9.17) is 10.5 Å². The van der Waals surface area contributed by atoms with Crippen LogP contribution in [0.25, 0.3) is 16.8 Å². The van der Waals surface area contributed by atoms with Crippen molar-refractivity contribution in [3.63, 3.8) is 0 Å². The van der Waals surface area contributed by atoms with Crippen molar-refractivity contribution in [1.82, 2.24) is 25.1 Å². The van der Waals surface area contributed by atoms with E-state index >= 15 is 0 Å². The van der Waals surface area contributed by atoms with Crippen LogP contribution in [0.3, 0.4) is 0 Å². The molecule has 4 aromatic rings. The van der Waals surface area contributed by atoms with Gasteiger partial charge in [-0.05, 0) is 61.8 Å². The molecule has 2 atom stereocenters. The number of aryl methyl sites for hydroxylation is 2. The number of nitrogen functional groups attached to an aromatic ring is 1. The van der Waals surface area contributed by atoms with Gasteiger partial charge in [0.2, 0.25) is 17.9 Å². The third kappa shape index (κ3) is 6.44. The Balaban J connectivity index is 1.30. The fourth-order valence-corrected chi connectivity index (χ4v) is 6.20. The molecule has 2 fully saturated rings. The fourth-order valence-electron chi connectivity index (χ4n) is 6.20. The average Bonchev–Trinajstić information content (AvgIpc) is 3.62. The van der Waals surface area contributed by atoms with Crippen molar-refractivity contribution in [2.75, 3.05) is 30.3 Å². The lowest BCUT2D eigenvalue weighted by Gasteiger charge is -2.39. The van der Waals surface area contributed by atoms with Crippen LogP contribution >= 0.6 is 0 Å². The second-order valence-corrected chi connectivity index (χ2v) is 12.0. The summed E-state index contributed by atoms with van der Waals surface area (Å²) in [6.45, 7) is 5.41. The number of alkyl halides is 3. The lowest BCUT2D eigenvalue weighted by molar-refractivity contribution is -0.198. The Morgan fingerprint density at radius 2 is 1.78 bits per heavy atom. The predicted molar refractivity (Wildman–Crippen MR) is 162 cm³/mol. The summed E-state index contributed by atoms with van der Waals surface area (Å²) < 4.78 is 51.4. The van der Waals surface area contributed by atoms with Gasteiger partial charge in [-0.3, -0.25) is 4.79 Å². The summed E-state index contributed by atoms with van der Waals surface area (Å²) >= 11 is 0. The van der Waals surface area contributed by atoms with E-state index in [1.165, 1.54) is 16.8 Å². The number of carbonyl (C=O) groups is 1. The van der Waals surface area contributed by atoms with Gasteiger partial charge in [0.1, 0.15) is 11.9 Å². The number of hydrogen-bond donors (Lipinski definition) is 3. The van der Waals surface area contributed by atoms with Gasteiger partial charge in [0.25, 0.3) is 0 Å². The summed E-state index contributed by atoms with van der Waals surface area (Å²) in [7, 11) is 0. The van der Waals surface area contributed by atoms with E-state index in [9.17, 15) is 23.1 Å². The molecule has 4 heterocycles. The molecular formula is C32H34F3N7O3. The molecule has 2 saturated heterocycles. The van der Waals surface area contributed by atoms with Crippen LogP contribution in [0.15, 0.2) is 60.8 Å². The van der Waals surface area contributed by atoms with Gasteiger partial charge in [0.15, 0.2) is 0 Å². The van der Waals surface area contributed by atoms with Crippen LogP contribution in [0.2, 0.25) is 0 Å². The lowest BCUT2D eigenvalue weighted by atomic mass is 9.76. The third-order valence-corrected chi connectivity index (χ3v) is 8.72. The molecular weight excluding hydrogens is 587 g/mol. The molecule has 2 aromatic carbocycles. The van der Waals surface area contributed by atoms with Gasteiger partial charge in [-0.15, -0.1) is 0 Å². The zero-order chi connectivity index (χ0) is 31.9. The maximum absolute atomic E-state index is 14.8. The Morgan fingerprint density at radius 1 is 1.07 bits per heavy atom. The maximum Gasteiger partial charge on any atom is 0.429 e. The first-order valence-corrected chi connectivity index (χ1v) is 14.7. The van der Waals surface area contributed by atoms with Crippen molar-refractivity contribution < 1.29 is 27.8 Å². The minimum atomic E-state index is -4.81. The van der Waals surface area contributed by atoms with Gasteiger partial charge < -0.3 is 25.8 Å². The van der Waals surface area contributed by atoms with Crippen molar-refractivity contribution in [3.8, 4) is 22.7 Å². The van der Waals surface area contributed by atoms with Crippen molar-refractivity contribution >= 4 is 17.7 Å². The molecule has 0 aliphatic carbocycles. The standard InChI is InChI=1S/C32H34F3N7O3/c1-19-3-5-21(6-4-19)22-7-8-23(25(15-22)42-12-9-20(2)40-42)28(32(33,34)35)45-27-16-26(38-30(36)39-27)41-13-10-31(11-14-41)17-24(29(43)44)37-18-31/h3-9,12,15-16,24,28,37H,10-11,13-14,17-18H2,1-2H3,(H,43,44)(H2,36,38,39)/t24-,28+/m0/s1. The summed E-state index contributed by atoms with van der Waals surface area (Å²) in [5.41, 5.74) is 9.21. The molecule has 0 radical (unpaired) electrons. The number of nitrogens with two attached hydrogens (primary N) is 1. The summed E-state index contributed by atoms with van der Waals surface area (Å²) in [6, 6.07) is 15.0. The highest BCUT2D eigenvalue weighted by molar-refractivity contribution is 5.74. The number of anilines is 2. The smallest absolute Gasteiger partial charge is 0.429 e. The van der Waals surface area contributed by atoms with E-state index in [1.807, 2.05) is 36.1 Å². The zero-order valence-electron chi connectivity index (χ0n) is 24.9. The second kappa shape index (κ2) is 11.7. The molecule has 0 unspecified atom stereocenters. The van der Waals surface area contributed by atoms with Crippen LogP contribution in [0.5, 0.6) is 5.88 Å². The molecule has 2 aliphatic rings. The number of aromatic nitrogens is 4. The van der Waals surface area contributed by atoms with Gasteiger partial charge in [-0.1, -0.05) is 42.0 Å². The van der Waals surface area contributed by atoms with Crippen LogP contribution < -0.4 is 20.7 Å². The van der Waals surface area contributed by atoms with Gasteiger partial charge >= 0.3 is 12.1 Å². The number of halogens is 3. The van der Waals surface area contributed by atoms with Crippen molar-refractivity contribution in [2.24, 2.45) is 5.41 Å². The average molecular weight is 622 g/mol. The normalized spacial score (nSPS) is 18.7. The van der Waals surface area contributed by atoms with Gasteiger partial charge in [-0.25, -0.2) is 4.68 Å². The molecule has 1 spiro atoms. The monoisotopic (exact) mass is 621 g/mol. The summed E-state index contributed by atoms with van der Waals surface area (Å²) in [6.07, 6.45) is -3.64. The van der Waals surface area contributed by atoms with Crippen LogP contribution in [0, 0.1) is 19.3 Å². The molecule has 6 rings (SSSR count). The van der Waals surface area contributed by atoms with E-state index in [0.29, 0.717) is 50.4 Å². The van der Waals surface area contributed by atoms with E-state index in [0.717, 1.165) is 16.7 Å². The number of hydrogen-bond acceptors (Lipinski definition) is 8. The molecule has 2 aromatic heterocycles. The van der Waals surface area contributed by atoms with E-state index in [1.54, 1.807) is 31.3 Å². The minimum absolute atomic E-state index is 0.137. The third-order valence-electron chi connectivity index (χ3n) is 8.72. The number of aliphatic carboxylic acids is 1. The molecule has 236 valence electrons. The molecule has 10 nitrogen and oxygen atoms in total. The Labute approximate surface area is 258 Å². The first kappa shape index (κ1) is 30.4. The van der Waals surface area contributed by atoms with Crippen molar-refractivity contribution in [2.45, 2.75) is 51.4 Å². The number of nitrogens with zero attached hydrogens (tertiary/aromatic N) is 5.